The molecule has 5 nitrogen and oxygen atoms in total. The quantitative estimate of drug-likeness (QED) is 0.937. The Hall–Kier alpha value is -2.05. The molecular weight excluding hydrogens is 314 g/mol. The molecule has 0 radical (unpaired) electrons. The molecule has 0 aromatic heterocycles. The molecule has 0 atom stereocenters. The summed E-state index contributed by atoms with van der Waals surface area (Å²) in [4.78, 5) is 12.0. The summed E-state index contributed by atoms with van der Waals surface area (Å²) in [5, 5.41) is 0.407. The van der Waals surface area contributed by atoms with E-state index in [-0.39, 0.29) is 10.5 Å². The molecule has 0 unspecified atom stereocenters. The molecule has 0 heterocycles. The van der Waals surface area contributed by atoms with Gasteiger partial charge in [-0.2, -0.15) is 0 Å². The Labute approximate surface area is 127 Å². The number of nitrogens with one attached hydrogen (secondary N) is 1. The van der Waals surface area contributed by atoms with E-state index >= 15 is 0 Å². The number of methoxy groups -OCH3 is 1. The highest BCUT2D eigenvalue weighted by molar-refractivity contribution is 7.90. The summed E-state index contributed by atoms with van der Waals surface area (Å²) in [5.41, 5.74) is 0.137. The van der Waals surface area contributed by atoms with Crippen molar-refractivity contribution < 1.29 is 17.9 Å². The molecule has 0 spiro atoms. The molecule has 0 fully saturated rings. The van der Waals surface area contributed by atoms with Crippen LogP contribution in [0, 0.1) is 0 Å². The van der Waals surface area contributed by atoms with Crippen LogP contribution in [0.5, 0.6) is 5.75 Å². The molecule has 0 aliphatic rings. The van der Waals surface area contributed by atoms with Crippen LogP contribution in [0.4, 0.5) is 0 Å². The zero-order valence-corrected chi connectivity index (χ0v) is 12.6. The molecule has 2 aromatic carbocycles. The molecule has 0 saturated heterocycles. The second-order valence-corrected chi connectivity index (χ2v) is 6.21. The van der Waals surface area contributed by atoms with Crippen molar-refractivity contribution >= 4 is 27.5 Å². The maximum absolute atomic E-state index is 12.1. The van der Waals surface area contributed by atoms with E-state index in [4.69, 9.17) is 16.3 Å². The van der Waals surface area contributed by atoms with E-state index in [1.165, 1.54) is 37.4 Å². The molecular formula is C14H12ClNO4S. The molecule has 2 rings (SSSR count). The monoisotopic (exact) mass is 325 g/mol. The number of carbonyl (C=O) groups is 1. The van der Waals surface area contributed by atoms with Crippen molar-refractivity contribution in [2.45, 2.75) is 4.90 Å². The Balaban J connectivity index is 2.28. The Morgan fingerprint density at radius 2 is 1.71 bits per heavy atom. The number of hydrogen-bond donors (Lipinski definition) is 1. The van der Waals surface area contributed by atoms with Crippen LogP contribution in [0.1, 0.15) is 10.4 Å². The van der Waals surface area contributed by atoms with Crippen LogP contribution in [0.3, 0.4) is 0 Å². The van der Waals surface area contributed by atoms with Gasteiger partial charge in [0, 0.05) is 5.02 Å². The number of halogens is 1. The first-order valence-corrected chi connectivity index (χ1v) is 7.76. The van der Waals surface area contributed by atoms with Crippen LogP contribution >= 0.6 is 11.6 Å². The van der Waals surface area contributed by atoms with Gasteiger partial charge in [0.05, 0.1) is 17.6 Å². The van der Waals surface area contributed by atoms with Crippen molar-refractivity contribution in [3.8, 4) is 5.75 Å². The predicted octanol–water partition coefficient (Wildman–Crippen LogP) is 2.47. The fourth-order valence-corrected chi connectivity index (χ4v) is 2.77. The van der Waals surface area contributed by atoms with Crippen LogP contribution in [0.2, 0.25) is 5.02 Å². The lowest BCUT2D eigenvalue weighted by molar-refractivity contribution is 0.0978. The Morgan fingerprint density at radius 1 is 1.10 bits per heavy atom. The number of benzene rings is 2. The normalized spacial score (nSPS) is 11.0. The largest absolute Gasteiger partial charge is 0.496 e. The third-order valence-corrected chi connectivity index (χ3v) is 4.30. The van der Waals surface area contributed by atoms with Crippen molar-refractivity contribution in [2.24, 2.45) is 0 Å². The zero-order valence-electron chi connectivity index (χ0n) is 11.0. The molecule has 1 amide bonds. The summed E-state index contributed by atoms with van der Waals surface area (Å²) in [6, 6.07) is 11.9. The minimum atomic E-state index is -3.96. The van der Waals surface area contributed by atoms with E-state index in [0.717, 1.165) is 0 Å². The molecule has 7 heteroatoms. The topological polar surface area (TPSA) is 72.5 Å². The zero-order chi connectivity index (χ0) is 15.5. The van der Waals surface area contributed by atoms with Gasteiger partial charge in [-0.15, -0.1) is 0 Å². The first-order chi connectivity index (χ1) is 9.94. The van der Waals surface area contributed by atoms with Crippen molar-refractivity contribution in [1.82, 2.24) is 4.72 Å². The van der Waals surface area contributed by atoms with Crippen LogP contribution < -0.4 is 9.46 Å². The van der Waals surface area contributed by atoms with E-state index in [0.29, 0.717) is 10.8 Å². The van der Waals surface area contributed by atoms with Gasteiger partial charge in [-0.1, -0.05) is 23.7 Å². The molecule has 2 aromatic rings. The summed E-state index contributed by atoms with van der Waals surface area (Å²) in [6.45, 7) is 0. The Bertz CT molecular complexity index is 757. The minimum absolute atomic E-state index is 0.0462. The number of ether oxygens (including phenoxy) is 1. The number of sulfonamides is 1. The predicted molar refractivity (Wildman–Crippen MR) is 79.1 cm³/mol. The minimum Gasteiger partial charge on any atom is -0.496 e. The van der Waals surface area contributed by atoms with Crippen LogP contribution in [0.15, 0.2) is 53.4 Å². The first kappa shape index (κ1) is 15.3. The van der Waals surface area contributed by atoms with Gasteiger partial charge in [0.15, 0.2) is 0 Å². The van der Waals surface area contributed by atoms with Crippen LogP contribution in [-0.2, 0) is 10.0 Å². The maximum atomic E-state index is 12.1. The summed E-state index contributed by atoms with van der Waals surface area (Å²) in [6.07, 6.45) is 0. The summed E-state index contributed by atoms with van der Waals surface area (Å²) < 4.78 is 31.2. The SMILES string of the molecule is COc1ccccc1C(=O)NS(=O)(=O)c1ccc(Cl)cc1. The third-order valence-electron chi connectivity index (χ3n) is 2.70. The summed E-state index contributed by atoms with van der Waals surface area (Å²) in [7, 11) is -2.56. The van der Waals surface area contributed by atoms with Gasteiger partial charge >= 0.3 is 0 Å². The maximum Gasteiger partial charge on any atom is 0.268 e. The molecule has 0 bridgehead atoms. The molecule has 0 saturated carbocycles. The van der Waals surface area contributed by atoms with E-state index in [2.05, 4.69) is 0 Å². The van der Waals surface area contributed by atoms with E-state index in [9.17, 15) is 13.2 Å². The average molecular weight is 326 g/mol. The van der Waals surface area contributed by atoms with E-state index in [1.54, 1.807) is 18.2 Å². The van der Waals surface area contributed by atoms with Crippen molar-refractivity contribution in [3.63, 3.8) is 0 Å². The lowest BCUT2D eigenvalue weighted by atomic mass is 10.2. The van der Waals surface area contributed by atoms with Crippen LogP contribution in [-0.4, -0.2) is 21.4 Å². The van der Waals surface area contributed by atoms with Gasteiger partial charge in [0.2, 0.25) is 0 Å². The summed E-state index contributed by atoms with van der Waals surface area (Å²) in [5.74, 6) is -0.469. The molecule has 0 aliphatic heterocycles. The second kappa shape index (κ2) is 6.15. The summed E-state index contributed by atoms with van der Waals surface area (Å²) >= 11 is 5.70. The van der Waals surface area contributed by atoms with Crippen molar-refractivity contribution in [2.75, 3.05) is 7.11 Å². The van der Waals surface area contributed by atoms with Gasteiger partial charge in [-0.3, -0.25) is 4.79 Å². The molecule has 0 aliphatic carbocycles. The smallest absolute Gasteiger partial charge is 0.268 e. The van der Waals surface area contributed by atoms with Gasteiger partial charge in [0.25, 0.3) is 15.9 Å². The lowest BCUT2D eigenvalue weighted by Crippen LogP contribution is -2.30. The number of amides is 1. The number of rotatable bonds is 4. The highest BCUT2D eigenvalue weighted by Crippen LogP contribution is 2.19. The fraction of sp³-hybridized carbons (Fsp3) is 0.0714. The Kier molecular flexibility index (Phi) is 4.50. The molecule has 110 valence electrons. The standard InChI is InChI=1S/C14H12ClNO4S/c1-20-13-5-3-2-4-12(13)14(17)16-21(18,19)11-8-6-10(15)7-9-11/h2-9H,1H3,(H,16,17). The molecule has 21 heavy (non-hydrogen) atoms. The fourth-order valence-electron chi connectivity index (χ4n) is 1.68. The average Bonchev–Trinajstić information content (AvgIpc) is 2.47. The Morgan fingerprint density at radius 3 is 2.33 bits per heavy atom. The van der Waals surface area contributed by atoms with Crippen molar-refractivity contribution in [3.05, 3.63) is 59.1 Å². The number of hydrogen-bond acceptors (Lipinski definition) is 4. The van der Waals surface area contributed by atoms with Gasteiger partial charge in [-0.05, 0) is 36.4 Å². The molecule has 1 N–H and O–H groups in total. The van der Waals surface area contributed by atoms with E-state index in [1.807, 2.05) is 4.72 Å². The van der Waals surface area contributed by atoms with Gasteiger partial charge in [0.1, 0.15) is 5.75 Å². The highest BCUT2D eigenvalue weighted by atomic mass is 35.5. The first-order valence-electron chi connectivity index (χ1n) is 5.90. The van der Waals surface area contributed by atoms with Gasteiger partial charge < -0.3 is 4.74 Å². The van der Waals surface area contributed by atoms with Gasteiger partial charge in [-0.25, -0.2) is 13.1 Å². The highest BCUT2D eigenvalue weighted by Gasteiger charge is 2.20. The third kappa shape index (κ3) is 3.53. The van der Waals surface area contributed by atoms with Crippen LogP contribution in [0.25, 0.3) is 0 Å². The van der Waals surface area contributed by atoms with E-state index < -0.39 is 15.9 Å². The second-order valence-electron chi connectivity index (χ2n) is 4.09. The lowest BCUT2D eigenvalue weighted by Gasteiger charge is -2.09. The number of para-hydroxylation sites is 1. The van der Waals surface area contributed by atoms with Crippen molar-refractivity contribution in [1.29, 1.82) is 0 Å². The number of carbonyl (C=O) groups excluding carboxylic acids is 1.